The van der Waals surface area contributed by atoms with Crippen molar-refractivity contribution in [2.24, 2.45) is 0 Å². The maximum absolute atomic E-state index is 5.43. The minimum absolute atomic E-state index is 0.299. The van der Waals surface area contributed by atoms with E-state index in [9.17, 15) is 0 Å². The predicted octanol–water partition coefficient (Wildman–Crippen LogP) is 4.19. The lowest BCUT2D eigenvalue weighted by Crippen LogP contribution is -2.20. The molecule has 2 heteroatoms. The second kappa shape index (κ2) is 6.19. The molecule has 1 aromatic rings. The Morgan fingerprint density at radius 2 is 1.62 bits per heavy atom. The fourth-order valence-electron chi connectivity index (χ4n) is 2.54. The van der Waals surface area contributed by atoms with Crippen LogP contribution in [0, 0.1) is 12.3 Å². The van der Waals surface area contributed by atoms with Crippen LogP contribution in [0.5, 0.6) is 5.75 Å². The molecule has 2 aliphatic rings. The van der Waals surface area contributed by atoms with E-state index in [0.717, 1.165) is 24.3 Å². The number of rotatable bonds is 5. The van der Waals surface area contributed by atoms with Crippen LogP contribution in [0.1, 0.15) is 12.8 Å². The van der Waals surface area contributed by atoms with Crippen LogP contribution >= 0.6 is 0 Å². The second-order valence-electron chi connectivity index (χ2n) is 4.90. The first-order valence-corrected chi connectivity index (χ1v) is 7.06. The highest BCUT2D eigenvalue weighted by atomic mass is 16.5. The number of anilines is 1. The maximum atomic E-state index is 5.43. The zero-order valence-corrected chi connectivity index (χ0v) is 11.8. The summed E-state index contributed by atoms with van der Waals surface area (Å²) in [5.41, 5.74) is 3.73. The third-order valence-corrected chi connectivity index (χ3v) is 3.49. The largest absolute Gasteiger partial charge is 0.481 e. The summed E-state index contributed by atoms with van der Waals surface area (Å²) in [4.78, 5) is 2.31. The number of hydrogen-bond acceptors (Lipinski definition) is 2. The first-order valence-electron chi connectivity index (χ1n) is 7.06. The van der Waals surface area contributed by atoms with Crippen molar-refractivity contribution in [3.63, 3.8) is 0 Å². The normalized spacial score (nSPS) is 15.6. The first kappa shape index (κ1) is 13.3. The highest BCUT2D eigenvalue weighted by molar-refractivity contribution is 5.62. The van der Waals surface area contributed by atoms with Crippen LogP contribution in [-0.2, 0) is 0 Å². The number of benzene rings is 1. The molecule has 0 aromatic heterocycles. The number of nitrogens with zero attached hydrogens (tertiary/aromatic N) is 1. The van der Waals surface area contributed by atoms with Crippen LogP contribution < -0.4 is 9.64 Å². The van der Waals surface area contributed by atoms with Crippen molar-refractivity contribution in [3.05, 3.63) is 72.1 Å². The van der Waals surface area contributed by atoms with Gasteiger partial charge in [-0.2, -0.15) is 0 Å². The molecule has 2 aliphatic carbocycles. The van der Waals surface area contributed by atoms with Gasteiger partial charge >= 0.3 is 0 Å². The molecule has 0 fully saturated rings. The lowest BCUT2D eigenvalue weighted by atomic mass is 10.2. The van der Waals surface area contributed by atoms with Gasteiger partial charge in [0, 0.05) is 29.9 Å². The van der Waals surface area contributed by atoms with Gasteiger partial charge in [0.25, 0.3) is 0 Å². The van der Waals surface area contributed by atoms with Crippen LogP contribution in [-0.4, -0.2) is 6.61 Å². The van der Waals surface area contributed by atoms with Crippen molar-refractivity contribution in [2.75, 3.05) is 11.5 Å². The van der Waals surface area contributed by atoms with Gasteiger partial charge in [0.05, 0.1) is 0 Å². The van der Waals surface area contributed by atoms with Crippen molar-refractivity contribution in [1.29, 1.82) is 0 Å². The van der Waals surface area contributed by atoms with E-state index in [0.29, 0.717) is 6.61 Å². The maximum Gasteiger partial charge on any atom is 0.148 e. The molecule has 0 saturated carbocycles. The summed E-state index contributed by atoms with van der Waals surface area (Å²) in [7, 11) is 0. The van der Waals surface area contributed by atoms with Crippen molar-refractivity contribution >= 4 is 5.69 Å². The number of ether oxygens (including phenoxy) is 1. The summed E-state index contributed by atoms with van der Waals surface area (Å²) in [5.74, 6) is 3.28. The molecule has 0 unspecified atom stereocenters. The van der Waals surface area contributed by atoms with E-state index < -0.39 is 0 Å². The molecule has 0 radical (unpaired) electrons. The Labute approximate surface area is 125 Å². The van der Waals surface area contributed by atoms with Crippen LogP contribution in [0.3, 0.4) is 0 Å². The van der Waals surface area contributed by atoms with Gasteiger partial charge in [-0.15, -0.1) is 6.42 Å². The molecule has 0 bridgehead atoms. The van der Waals surface area contributed by atoms with E-state index in [1.807, 2.05) is 12.1 Å². The van der Waals surface area contributed by atoms with Crippen LogP contribution in [0.4, 0.5) is 5.69 Å². The monoisotopic (exact) mass is 275 g/mol. The van der Waals surface area contributed by atoms with E-state index >= 15 is 0 Å². The van der Waals surface area contributed by atoms with E-state index in [-0.39, 0.29) is 0 Å². The Kier molecular flexibility index (Phi) is 3.93. The van der Waals surface area contributed by atoms with Gasteiger partial charge < -0.3 is 9.64 Å². The summed E-state index contributed by atoms with van der Waals surface area (Å²) in [6.45, 7) is 0.299. The molecule has 0 saturated heterocycles. The summed E-state index contributed by atoms with van der Waals surface area (Å²) >= 11 is 0. The molecule has 0 spiro atoms. The Morgan fingerprint density at radius 1 is 1.00 bits per heavy atom. The molecule has 0 amide bonds. The molecular formula is C19H17NO. The highest BCUT2D eigenvalue weighted by Crippen LogP contribution is 2.32. The fourth-order valence-corrected chi connectivity index (χ4v) is 2.54. The Bertz CT molecular complexity index is 639. The minimum atomic E-state index is 0.299. The smallest absolute Gasteiger partial charge is 0.148 e. The topological polar surface area (TPSA) is 12.5 Å². The van der Waals surface area contributed by atoms with Crippen molar-refractivity contribution < 1.29 is 4.74 Å². The van der Waals surface area contributed by atoms with E-state index in [4.69, 9.17) is 11.2 Å². The third-order valence-electron chi connectivity index (χ3n) is 3.49. The molecule has 0 atom stereocenters. The summed E-state index contributed by atoms with van der Waals surface area (Å²) in [6, 6.07) is 8.07. The lowest BCUT2D eigenvalue weighted by molar-refractivity contribution is 0.370. The molecule has 0 N–H and O–H groups in total. The lowest BCUT2D eigenvalue weighted by Gasteiger charge is -2.27. The zero-order valence-electron chi connectivity index (χ0n) is 11.8. The first-order chi connectivity index (χ1) is 10.4. The second-order valence-corrected chi connectivity index (χ2v) is 4.90. The molecule has 1 aromatic carbocycles. The standard InChI is InChI=1S/C19H17NO/c1-2-15-21-19-13-11-18(12-14-19)20(16-7-3-4-8-16)17-9-5-6-10-17/h1,3-7,9,11-14H,8,10,15H2. The van der Waals surface area contributed by atoms with Crippen LogP contribution in [0.2, 0.25) is 0 Å². The summed E-state index contributed by atoms with van der Waals surface area (Å²) in [5, 5.41) is 0. The molecule has 2 nitrogen and oxygen atoms in total. The molecular weight excluding hydrogens is 258 g/mol. The minimum Gasteiger partial charge on any atom is -0.481 e. The van der Waals surface area contributed by atoms with Gasteiger partial charge in [0.2, 0.25) is 0 Å². The van der Waals surface area contributed by atoms with Crippen LogP contribution in [0.25, 0.3) is 0 Å². The van der Waals surface area contributed by atoms with E-state index in [1.54, 1.807) is 0 Å². The van der Waals surface area contributed by atoms with Gasteiger partial charge in [-0.05, 0) is 36.4 Å². The number of terminal acetylenes is 1. The van der Waals surface area contributed by atoms with Gasteiger partial charge in [-0.25, -0.2) is 0 Å². The summed E-state index contributed by atoms with van der Waals surface area (Å²) < 4.78 is 5.43. The molecule has 21 heavy (non-hydrogen) atoms. The Morgan fingerprint density at radius 3 is 2.10 bits per heavy atom. The highest BCUT2D eigenvalue weighted by Gasteiger charge is 2.18. The van der Waals surface area contributed by atoms with Crippen LogP contribution in [0.15, 0.2) is 72.1 Å². The third kappa shape index (κ3) is 2.93. The van der Waals surface area contributed by atoms with Crippen molar-refractivity contribution in [2.45, 2.75) is 12.8 Å². The van der Waals surface area contributed by atoms with Gasteiger partial charge in [-0.3, -0.25) is 0 Å². The SMILES string of the molecule is C#CCOc1ccc(N(C2=CC=CC2)C2=CC=CC2)cc1. The predicted molar refractivity (Wildman–Crippen MR) is 86.9 cm³/mol. The van der Waals surface area contributed by atoms with Crippen molar-refractivity contribution in [3.8, 4) is 18.1 Å². The zero-order chi connectivity index (χ0) is 14.5. The van der Waals surface area contributed by atoms with Gasteiger partial charge in [0.1, 0.15) is 12.4 Å². The Balaban J connectivity index is 1.84. The van der Waals surface area contributed by atoms with Gasteiger partial charge in [-0.1, -0.05) is 30.2 Å². The van der Waals surface area contributed by atoms with E-state index in [2.05, 4.69) is 59.4 Å². The molecule has 3 rings (SSSR count). The fraction of sp³-hybridized carbons (Fsp3) is 0.158. The number of hydrogen-bond donors (Lipinski definition) is 0. The molecule has 0 aliphatic heterocycles. The quantitative estimate of drug-likeness (QED) is 0.747. The average Bonchev–Trinajstić information content (AvgIpc) is 3.21. The van der Waals surface area contributed by atoms with Crippen molar-refractivity contribution in [1.82, 2.24) is 0 Å². The average molecular weight is 275 g/mol. The molecule has 0 heterocycles. The van der Waals surface area contributed by atoms with Gasteiger partial charge in [0.15, 0.2) is 0 Å². The summed E-state index contributed by atoms with van der Waals surface area (Å²) in [6.07, 6.45) is 20.0. The van der Waals surface area contributed by atoms with E-state index in [1.165, 1.54) is 11.4 Å². The Hall–Kier alpha value is -2.66. The number of allylic oxidation sites excluding steroid dienone is 6. The molecule has 104 valence electrons.